The maximum Gasteiger partial charge on any atom is 0.407 e. The van der Waals surface area contributed by atoms with Crippen LogP contribution >= 0.6 is 0 Å². The number of fused-ring (bicyclic) bond motifs is 1. The first kappa shape index (κ1) is 10.7. The maximum atomic E-state index is 11.0. The third-order valence-electron chi connectivity index (χ3n) is 4.24. The van der Waals surface area contributed by atoms with Gasteiger partial charge >= 0.3 is 6.09 Å². The number of piperidine rings is 1. The van der Waals surface area contributed by atoms with Gasteiger partial charge in [-0.1, -0.05) is 20.8 Å². The van der Waals surface area contributed by atoms with Crippen LogP contribution in [-0.4, -0.2) is 41.8 Å². The van der Waals surface area contributed by atoms with Crippen LogP contribution < -0.4 is 5.32 Å². The van der Waals surface area contributed by atoms with Gasteiger partial charge in [-0.25, -0.2) is 4.79 Å². The second kappa shape index (κ2) is 3.11. The van der Waals surface area contributed by atoms with Crippen LogP contribution in [0.5, 0.6) is 0 Å². The summed E-state index contributed by atoms with van der Waals surface area (Å²) < 4.78 is 0. The molecule has 0 aromatic heterocycles. The van der Waals surface area contributed by atoms with Crippen LogP contribution in [0, 0.1) is 10.8 Å². The topological polar surface area (TPSA) is 52.6 Å². The first-order valence-electron chi connectivity index (χ1n) is 5.59. The molecule has 4 nitrogen and oxygen atoms in total. The summed E-state index contributed by atoms with van der Waals surface area (Å²) in [7, 11) is 0. The summed E-state index contributed by atoms with van der Waals surface area (Å²) in [6, 6.07) is 0.219. The molecule has 0 aromatic rings. The largest absolute Gasteiger partial charge is 0.465 e. The van der Waals surface area contributed by atoms with Gasteiger partial charge in [0.2, 0.25) is 0 Å². The van der Waals surface area contributed by atoms with Crippen molar-refractivity contribution in [3.05, 3.63) is 0 Å². The van der Waals surface area contributed by atoms with Crippen LogP contribution in [0.1, 0.15) is 27.2 Å². The summed E-state index contributed by atoms with van der Waals surface area (Å²) in [5.74, 6) is 0. The fourth-order valence-electron chi connectivity index (χ4n) is 3.06. The van der Waals surface area contributed by atoms with E-state index < -0.39 is 6.09 Å². The summed E-state index contributed by atoms with van der Waals surface area (Å²) in [5, 5.41) is 12.5. The normalized spacial score (nSPS) is 35.7. The molecule has 2 unspecified atom stereocenters. The molecule has 2 aliphatic rings. The Hall–Kier alpha value is -0.770. The van der Waals surface area contributed by atoms with Crippen molar-refractivity contribution in [1.29, 1.82) is 0 Å². The molecule has 2 N–H and O–H groups in total. The smallest absolute Gasteiger partial charge is 0.407 e. The highest BCUT2D eigenvalue weighted by molar-refractivity contribution is 5.67. The number of rotatable bonds is 0. The van der Waals surface area contributed by atoms with Crippen molar-refractivity contribution in [3.63, 3.8) is 0 Å². The van der Waals surface area contributed by atoms with Crippen molar-refractivity contribution < 1.29 is 9.90 Å². The van der Waals surface area contributed by atoms with Crippen LogP contribution in [0.3, 0.4) is 0 Å². The molecule has 2 aliphatic heterocycles. The minimum Gasteiger partial charge on any atom is -0.465 e. The zero-order chi connectivity index (χ0) is 11.3. The van der Waals surface area contributed by atoms with E-state index in [1.165, 1.54) is 0 Å². The Morgan fingerprint density at radius 1 is 1.53 bits per heavy atom. The first-order chi connectivity index (χ1) is 6.88. The molecule has 2 rings (SSSR count). The molecule has 2 fully saturated rings. The molecule has 1 amide bonds. The molecule has 0 radical (unpaired) electrons. The monoisotopic (exact) mass is 212 g/mol. The van der Waals surface area contributed by atoms with E-state index in [1.54, 1.807) is 4.90 Å². The van der Waals surface area contributed by atoms with E-state index in [2.05, 4.69) is 26.1 Å². The Labute approximate surface area is 90.6 Å². The SMILES string of the molecule is CC(C)(C)C12CNCCC1N(C(=O)O)C2. The highest BCUT2D eigenvalue weighted by atomic mass is 16.4. The lowest BCUT2D eigenvalue weighted by molar-refractivity contribution is -0.136. The number of hydrogen-bond acceptors (Lipinski definition) is 2. The van der Waals surface area contributed by atoms with Crippen LogP contribution in [-0.2, 0) is 0 Å². The van der Waals surface area contributed by atoms with E-state index in [0.29, 0.717) is 6.54 Å². The zero-order valence-corrected chi connectivity index (χ0v) is 9.71. The Balaban J connectivity index is 2.22. The molecule has 0 saturated carbocycles. The molecular formula is C11H20N2O2. The van der Waals surface area contributed by atoms with E-state index in [9.17, 15) is 4.79 Å². The summed E-state index contributed by atoms with van der Waals surface area (Å²) in [4.78, 5) is 12.6. The third-order valence-corrected chi connectivity index (χ3v) is 4.24. The van der Waals surface area contributed by atoms with Gasteiger partial charge in [0, 0.05) is 24.5 Å². The summed E-state index contributed by atoms with van der Waals surface area (Å²) in [5.41, 5.74) is 0.306. The highest BCUT2D eigenvalue weighted by Gasteiger charge is 2.60. The van der Waals surface area contributed by atoms with Crippen molar-refractivity contribution in [1.82, 2.24) is 10.2 Å². The average Bonchev–Trinajstić information content (AvgIpc) is 2.04. The highest BCUT2D eigenvalue weighted by Crippen LogP contribution is 2.52. The molecule has 0 aromatic carbocycles. The van der Waals surface area contributed by atoms with Gasteiger partial charge in [0.1, 0.15) is 0 Å². The molecule has 2 heterocycles. The lowest BCUT2D eigenvalue weighted by Gasteiger charge is -2.64. The van der Waals surface area contributed by atoms with E-state index >= 15 is 0 Å². The minimum absolute atomic E-state index is 0.143. The van der Waals surface area contributed by atoms with Crippen molar-refractivity contribution in [3.8, 4) is 0 Å². The molecule has 15 heavy (non-hydrogen) atoms. The predicted molar refractivity (Wildman–Crippen MR) is 57.9 cm³/mol. The third kappa shape index (κ3) is 1.34. The first-order valence-corrected chi connectivity index (χ1v) is 5.59. The Bertz CT molecular complexity index is 285. The van der Waals surface area contributed by atoms with Gasteiger partial charge in [0.05, 0.1) is 0 Å². The second-order valence-electron chi connectivity index (χ2n) is 5.80. The van der Waals surface area contributed by atoms with Crippen LogP contribution in [0.15, 0.2) is 0 Å². The molecule has 4 heteroatoms. The van der Waals surface area contributed by atoms with Gasteiger partial charge < -0.3 is 15.3 Å². The molecular weight excluding hydrogens is 192 g/mol. The van der Waals surface area contributed by atoms with E-state index in [-0.39, 0.29) is 16.9 Å². The standard InChI is InChI=1S/C11H20N2O2/c1-10(2,3)11-6-12-5-4-8(11)13(7-11)9(14)15/h8,12H,4-7H2,1-3H3,(H,14,15). The maximum absolute atomic E-state index is 11.0. The van der Waals surface area contributed by atoms with Crippen molar-refractivity contribution in [2.75, 3.05) is 19.6 Å². The van der Waals surface area contributed by atoms with Crippen LogP contribution in [0.2, 0.25) is 0 Å². The van der Waals surface area contributed by atoms with Crippen molar-refractivity contribution in [2.24, 2.45) is 10.8 Å². The summed E-state index contributed by atoms with van der Waals surface area (Å²) in [6.07, 6.45) is 0.186. The summed E-state index contributed by atoms with van der Waals surface area (Å²) in [6.45, 7) is 9.21. The molecule has 86 valence electrons. The Morgan fingerprint density at radius 3 is 2.73 bits per heavy atom. The number of nitrogens with one attached hydrogen (secondary N) is 1. The Kier molecular flexibility index (Phi) is 2.23. The quantitative estimate of drug-likeness (QED) is 0.637. The fraction of sp³-hybridized carbons (Fsp3) is 0.909. The van der Waals surface area contributed by atoms with Gasteiger partial charge in [-0.15, -0.1) is 0 Å². The molecule has 0 aliphatic carbocycles. The van der Waals surface area contributed by atoms with Crippen LogP contribution in [0.25, 0.3) is 0 Å². The molecule has 0 spiro atoms. The van der Waals surface area contributed by atoms with E-state index in [0.717, 1.165) is 19.5 Å². The predicted octanol–water partition coefficient (Wildman–Crippen LogP) is 1.37. The van der Waals surface area contributed by atoms with Crippen LogP contribution in [0.4, 0.5) is 4.79 Å². The molecule has 2 saturated heterocycles. The van der Waals surface area contributed by atoms with Gasteiger partial charge in [-0.05, 0) is 18.4 Å². The Morgan fingerprint density at radius 2 is 2.20 bits per heavy atom. The lowest BCUT2D eigenvalue weighted by Crippen LogP contribution is -2.75. The number of amides is 1. The number of likely N-dealkylation sites (tertiary alicyclic amines) is 1. The molecule has 0 bridgehead atoms. The minimum atomic E-state index is -0.762. The number of carboxylic acid groups (broad SMARTS) is 1. The zero-order valence-electron chi connectivity index (χ0n) is 9.71. The number of carbonyl (C=O) groups is 1. The van der Waals surface area contributed by atoms with E-state index in [4.69, 9.17) is 5.11 Å². The number of nitrogens with zero attached hydrogens (tertiary/aromatic N) is 1. The average molecular weight is 212 g/mol. The van der Waals surface area contributed by atoms with Gasteiger partial charge in [-0.3, -0.25) is 0 Å². The van der Waals surface area contributed by atoms with Gasteiger partial charge in [-0.2, -0.15) is 0 Å². The van der Waals surface area contributed by atoms with E-state index in [1.807, 2.05) is 0 Å². The van der Waals surface area contributed by atoms with Crippen molar-refractivity contribution in [2.45, 2.75) is 33.2 Å². The van der Waals surface area contributed by atoms with Gasteiger partial charge in [0.25, 0.3) is 0 Å². The second-order valence-corrected chi connectivity index (χ2v) is 5.80. The number of hydrogen-bond donors (Lipinski definition) is 2. The van der Waals surface area contributed by atoms with Gasteiger partial charge in [0.15, 0.2) is 0 Å². The molecule has 2 atom stereocenters. The summed E-state index contributed by atoms with van der Waals surface area (Å²) >= 11 is 0. The fourth-order valence-corrected chi connectivity index (χ4v) is 3.06. The van der Waals surface area contributed by atoms with Crippen molar-refractivity contribution >= 4 is 6.09 Å². The lowest BCUT2D eigenvalue weighted by atomic mass is 9.55.